The third-order valence-corrected chi connectivity index (χ3v) is 5.20. The third-order valence-electron chi connectivity index (χ3n) is 4.21. The molecule has 0 saturated carbocycles. The molecule has 3 nitrogen and oxygen atoms in total. The molecule has 0 aromatic heterocycles. The quantitative estimate of drug-likeness (QED) is 0.681. The maximum absolute atomic E-state index is 12.5. The predicted octanol–water partition coefficient (Wildman–Crippen LogP) is 4.00. The highest BCUT2D eigenvalue weighted by molar-refractivity contribution is 14.1. The van der Waals surface area contributed by atoms with E-state index in [4.69, 9.17) is 0 Å². The van der Waals surface area contributed by atoms with Gasteiger partial charge in [0.1, 0.15) is 0 Å². The van der Waals surface area contributed by atoms with Crippen LogP contribution in [0.5, 0.6) is 0 Å². The molecule has 0 radical (unpaired) electrons. The fourth-order valence-corrected chi connectivity index (χ4v) is 3.96. The summed E-state index contributed by atoms with van der Waals surface area (Å²) in [6.45, 7) is 1.90. The number of rotatable bonds is 1. The summed E-state index contributed by atoms with van der Waals surface area (Å²) in [5, 5.41) is 9.59. The molecule has 0 fully saturated rings. The maximum atomic E-state index is 12.5. The zero-order chi connectivity index (χ0) is 15.0. The zero-order valence-corrected chi connectivity index (χ0v) is 13.9. The van der Waals surface area contributed by atoms with Crippen LogP contribution in [0.25, 0.3) is 0 Å². The van der Waals surface area contributed by atoms with E-state index in [0.29, 0.717) is 6.42 Å². The summed E-state index contributed by atoms with van der Waals surface area (Å²) >= 11 is 2.28. The van der Waals surface area contributed by atoms with E-state index >= 15 is 0 Å². The number of Topliss-reactive ketones (excluding diaryl/α,β-unsaturated/α-hetero) is 1. The summed E-state index contributed by atoms with van der Waals surface area (Å²) in [6.07, 6.45) is 2.28. The summed E-state index contributed by atoms with van der Waals surface area (Å²) < 4.78 is 1.10. The average molecular weight is 390 g/mol. The van der Waals surface area contributed by atoms with Gasteiger partial charge in [-0.05, 0) is 54.0 Å². The largest absolute Gasteiger partial charge is 0.294 e. The van der Waals surface area contributed by atoms with Crippen LogP contribution in [0.1, 0.15) is 37.7 Å². The number of benzene rings is 1. The van der Waals surface area contributed by atoms with E-state index in [1.54, 1.807) is 0 Å². The highest BCUT2D eigenvalue weighted by atomic mass is 127. The number of carbonyl (C=O) groups is 1. The van der Waals surface area contributed by atoms with Gasteiger partial charge >= 0.3 is 0 Å². The van der Waals surface area contributed by atoms with Crippen molar-refractivity contribution in [2.45, 2.75) is 32.1 Å². The zero-order valence-electron chi connectivity index (χ0n) is 11.8. The van der Waals surface area contributed by atoms with Crippen molar-refractivity contribution in [3.05, 3.63) is 44.7 Å². The normalized spacial score (nSPS) is 25.2. The highest BCUT2D eigenvalue weighted by Crippen LogP contribution is 2.43. The summed E-state index contributed by atoms with van der Waals surface area (Å²) in [4.78, 5) is 17.0. The molecule has 0 amide bonds. The van der Waals surface area contributed by atoms with Crippen molar-refractivity contribution in [2.75, 3.05) is 0 Å². The van der Waals surface area contributed by atoms with E-state index in [0.717, 1.165) is 39.0 Å². The van der Waals surface area contributed by atoms with Crippen molar-refractivity contribution in [1.82, 2.24) is 0 Å². The molecular weight excluding hydrogens is 375 g/mol. The Morgan fingerprint density at radius 1 is 1.33 bits per heavy atom. The van der Waals surface area contributed by atoms with Crippen LogP contribution in [0.2, 0.25) is 0 Å². The molecule has 1 unspecified atom stereocenters. The fraction of sp³-hybridized carbons (Fsp3) is 0.353. The number of aliphatic imine (C=N–C) groups is 1. The van der Waals surface area contributed by atoms with Gasteiger partial charge in [0.2, 0.25) is 0 Å². The lowest BCUT2D eigenvalue weighted by molar-refractivity contribution is -0.116. The summed E-state index contributed by atoms with van der Waals surface area (Å²) in [6, 6.07) is 10.4. The van der Waals surface area contributed by atoms with E-state index in [1.807, 2.05) is 31.2 Å². The first kappa shape index (κ1) is 14.5. The van der Waals surface area contributed by atoms with Gasteiger partial charge in [0.25, 0.3) is 0 Å². The minimum absolute atomic E-state index is 0.164. The molecule has 0 bridgehead atoms. The van der Waals surface area contributed by atoms with Crippen molar-refractivity contribution in [3.63, 3.8) is 0 Å². The standard InChI is InChI=1S/C17H15IN2O/c1-10-12(9-19)16(11-5-2-3-6-13(11)18)17-14(20-10)7-4-8-15(17)21/h2-3,5-6,12,16H,4,7-8H2,1H3/t12?,16-/m0/s1. The van der Waals surface area contributed by atoms with Crippen molar-refractivity contribution in [2.24, 2.45) is 10.9 Å². The molecule has 21 heavy (non-hydrogen) atoms. The van der Waals surface area contributed by atoms with E-state index in [9.17, 15) is 10.1 Å². The van der Waals surface area contributed by atoms with Crippen LogP contribution in [0.15, 0.2) is 40.5 Å². The van der Waals surface area contributed by atoms with Crippen LogP contribution >= 0.6 is 22.6 Å². The number of hydrogen-bond donors (Lipinski definition) is 0. The Hall–Kier alpha value is -1.48. The SMILES string of the molecule is CC1=NC2=C(C(=O)CCC2)[C@@H](c2ccccc2I)C1C#N. The first-order chi connectivity index (χ1) is 10.1. The second-order valence-corrected chi connectivity index (χ2v) is 6.66. The smallest absolute Gasteiger partial charge is 0.161 e. The van der Waals surface area contributed by atoms with Crippen molar-refractivity contribution >= 4 is 34.1 Å². The summed E-state index contributed by atoms with van der Waals surface area (Å²) in [7, 11) is 0. The highest BCUT2D eigenvalue weighted by Gasteiger charge is 2.39. The molecule has 0 spiro atoms. The summed E-state index contributed by atoms with van der Waals surface area (Å²) in [5.74, 6) is -0.345. The lowest BCUT2D eigenvalue weighted by Crippen LogP contribution is -2.31. The topological polar surface area (TPSA) is 53.2 Å². The molecule has 1 aliphatic carbocycles. The fourth-order valence-electron chi connectivity index (χ4n) is 3.24. The molecule has 1 aromatic carbocycles. The van der Waals surface area contributed by atoms with Gasteiger partial charge in [0, 0.05) is 32.9 Å². The Kier molecular flexibility index (Phi) is 3.94. The molecule has 2 atom stereocenters. The minimum Gasteiger partial charge on any atom is -0.294 e. The van der Waals surface area contributed by atoms with Gasteiger partial charge in [0.15, 0.2) is 5.78 Å². The average Bonchev–Trinajstić information content (AvgIpc) is 2.47. The van der Waals surface area contributed by atoms with Gasteiger partial charge in [-0.3, -0.25) is 9.79 Å². The number of nitriles is 1. The molecule has 106 valence electrons. The van der Waals surface area contributed by atoms with E-state index < -0.39 is 0 Å². The van der Waals surface area contributed by atoms with Gasteiger partial charge in [0.05, 0.1) is 12.0 Å². The lowest BCUT2D eigenvalue weighted by atomic mass is 9.72. The first-order valence-electron chi connectivity index (χ1n) is 7.09. The van der Waals surface area contributed by atoms with Crippen molar-refractivity contribution in [3.8, 4) is 6.07 Å². The van der Waals surface area contributed by atoms with Gasteiger partial charge in [-0.15, -0.1) is 0 Å². The molecule has 3 rings (SSSR count). The van der Waals surface area contributed by atoms with E-state index in [2.05, 4.69) is 33.7 Å². The second kappa shape index (κ2) is 5.72. The number of ketones is 1. The van der Waals surface area contributed by atoms with Crippen LogP contribution in [0, 0.1) is 20.8 Å². The Morgan fingerprint density at radius 3 is 2.81 bits per heavy atom. The minimum atomic E-state index is -0.346. The molecule has 0 N–H and O–H groups in total. The van der Waals surface area contributed by atoms with Gasteiger partial charge in [-0.1, -0.05) is 18.2 Å². The summed E-state index contributed by atoms with van der Waals surface area (Å²) in [5.41, 5.74) is 3.58. The second-order valence-electron chi connectivity index (χ2n) is 5.50. The maximum Gasteiger partial charge on any atom is 0.161 e. The van der Waals surface area contributed by atoms with Crippen LogP contribution in [-0.2, 0) is 4.79 Å². The number of nitrogens with zero attached hydrogens (tertiary/aromatic N) is 2. The first-order valence-corrected chi connectivity index (χ1v) is 8.17. The molecule has 0 saturated heterocycles. The molecule has 1 aliphatic heterocycles. The Bertz CT molecular complexity index is 712. The van der Waals surface area contributed by atoms with Crippen LogP contribution in [0.4, 0.5) is 0 Å². The third kappa shape index (κ3) is 2.44. The molecule has 2 aliphatic rings. The monoisotopic (exact) mass is 390 g/mol. The van der Waals surface area contributed by atoms with Gasteiger partial charge in [-0.2, -0.15) is 5.26 Å². The molecule has 4 heteroatoms. The van der Waals surface area contributed by atoms with Crippen LogP contribution in [0.3, 0.4) is 0 Å². The van der Waals surface area contributed by atoms with E-state index in [-0.39, 0.29) is 17.6 Å². The van der Waals surface area contributed by atoms with Crippen molar-refractivity contribution in [1.29, 1.82) is 5.26 Å². The number of carbonyl (C=O) groups excluding carboxylic acids is 1. The van der Waals surface area contributed by atoms with E-state index in [1.165, 1.54) is 0 Å². The Morgan fingerprint density at radius 2 is 2.10 bits per heavy atom. The van der Waals surface area contributed by atoms with Gasteiger partial charge in [-0.25, -0.2) is 0 Å². The number of allylic oxidation sites excluding steroid dienone is 2. The van der Waals surface area contributed by atoms with Crippen LogP contribution in [-0.4, -0.2) is 11.5 Å². The number of hydrogen-bond acceptors (Lipinski definition) is 3. The lowest BCUT2D eigenvalue weighted by Gasteiger charge is -2.32. The molecule has 1 aromatic rings. The van der Waals surface area contributed by atoms with Gasteiger partial charge < -0.3 is 0 Å². The Balaban J connectivity index is 2.22. The number of halogens is 1. The molecule has 1 heterocycles. The van der Waals surface area contributed by atoms with Crippen molar-refractivity contribution < 1.29 is 4.79 Å². The van der Waals surface area contributed by atoms with Crippen LogP contribution < -0.4 is 0 Å². The Labute approximate surface area is 137 Å². The molecular formula is C17H15IN2O. The predicted molar refractivity (Wildman–Crippen MR) is 90.0 cm³/mol.